The highest BCUT2D eigenvalue weighted by Gasteiger charge is 2.35. The molecule has 4 rings (SSSR count). The normalized spacial score (nSPS) is 15.1. The topological polar surface area (TPSA) is 111 Å². The molecule has 192 valence electrons. The monoisotopic (exact) mass is 520 g/mol. The van der Waals surface area contributed by atoms with Gasteiger partial charge in [0.25, 0.3) is 5.56 Å². The zero-order valence-corrected chi connectivity index (χ0v) is 21.7. The van der Waals surface area contributed by atoms with Crippen molar-refractivity contribution in [3.8, 4) is 0 Å². The number of esters is 1. The van der Waals surface area contributed by atoms with Gasteiger partial charge in [-0.15, -0.1) is 0 Å². The zero-order valence-electron chi connectivity index (χ0n) is 20.9. The Morgan fingerprint density at radius 1 is 1.16 bits per heavy atom. The minimum Gasteiger partial charge on any atom is -0.465 e. The van der Waals surface area contributed by atoms with Crippen LogP contribution >= 0.6 is 11.8 Å². The van der Waals surface area contributed by atoms with Crippen LogP contribution in [0.5, 0.6) is 0 Å². The molecule has 2 amide bonds. The highest BCUT2D eigenvalue weighted by atomic mass is 32.2. The summed E-state index contributed by atoms with van der Waals surface area (Å²) in [5.74, 6) is -1.15. The van der Waals surface area contributed by atoms with E-state index < -0.39 is 23.4 Å². The highest BCUT2D eigenvalue weighted by Crippen LogP contribution is 2.23. The number of ether oxygens (including phenoxy) is 1. The summed E-state index contributed by atoms with van der Waals surface area (Å²) in [7, 11) is 1.28. The van der Waals surface area contributed by atoms with Crippen LogP contribution in [-0.2, 0) is 20.9 Å². The third-order valence-corrected chi connectivity index (χ3v) is 6.85. The smallest absolute Gasteiger partial charge is 0.337 e. The summed E-state index contributed by atoms with van der Waals surface area (Å²) in [6, 6.07) is 14.1. The summed E-state index contributed by atoms with van der Waals surface area (Å²) in [5.41, 5.74) is 4.90. The molecule has 2 heterocycles. The highest BCUT2D eigenvalue weighted by molar-refractivity contribution is 7.99. The first-order chi connectivity index (χ1) is 17.8. The summed E-state index contributed by atoms with van der Waals surface area (Å²) < 4.78 is 5.91. The van der Waals surface area contributed by atoms with Gasteiger partial charge in [-0.2, -0.15) is 4.68 Å². The summed E-state index contributed by atoms with van der Waals surface area (Å²) >= 11 is 1.28. The van der Waals surface area contributed by atoms with Crippen LogP contribution in [0.4, 0.5) is 0 Å². The van der Waals surface area contributed by atoms with Crippen molar-refractivity contribution in [3.63, 3.8) is 0 Å². The average molecular weight is 521 g/mol. The third kappa shape index (κ3) is 6.08. The van der Waals surface area contributed by atoms with Crippen molar-refractivity contribution in [1.82, 2.24) is 14.6 Å². The SMILES string of the molecule is COC(=O)c1ccc2c(=O)n(NC(=O)C3CC(=O)N(Cc4ccccc4)C3)c(SCC=C(C)C)nc2c1. The number of fused-ring (bicyclic) bond motifs is 1. The number of hydrogen-bond acceptors (Lipinski definition) is 7. The lowest BCUT2D eigenvalue weighted by molar-refractivity contribution is -0.128. The molecule has 10 heteroatoms. The molecule has 9 nitrogen and oxygen atoms in total. The van der Waals surface area contributed by atoms with E-state index in [0.717, 1.165) is 15.8 Å². The second-order valence-corrected chi connectivity index (χ2v) is 9.98. The Morgan fingerprint density at radius 2 is 1.92 bits per heavy atom. The third-order valence-electron chi connectivity index (χ3n) is 5.99. The van der Waals surface area contributed by atoms with Gasteiger partial charge >= 0.3 is 5.97 Å². The van der Waals surface area contributed by atoms with Gasteiger partial charge in [0.15, 0.2) is 5.16 Å². The Hall–Kier alpha value is -3.92. The number of hydrogen-bond donors (Lipinski definition) is 1. The molecule has 1 saturated heterocycles. The van der Waals surface area contributed by atoms with E-state index in [4.69, 9.17) is 4.74 Å². The van der Waals surface area contributed by atoms with Crippen molar-refractivity contribution >= 4 is 40.4 Å². The van der Waals surface area contributed by atoms with Gasteiger partial charge in [-0.3, -0.25) is 19.8 Å². The van der Waals surface area contributed by atoms with Crippen LogP contribution in [0.15, 0.2) is 70.1 Å². The van der Waals surface area contributed by atoms with E-state index in [-0.39, 0.29) is 35.0 Å². The molecule has 0 spiro atoms. The molecule has 0 saturated carbocycles. The summed E-state index contributed by atoms with van der Waals surface area (Å²) in [4.78, 5) is 57.4. The molecule has 0 aliphatic carbocycles. The predicted octanol–water partition coefficient (Wildman–Crippen LogP) is 3.36. The summed E-state index contributed by atoms with van der Waals surface area (Å²) in [6.45, 7) is 4.61. The van der Waals surface area contributed by atoms with Gasteiger partial charge < -0.3 is 9.64 Å². The van der Waals surface area contributed by atoms with Crippen LogP contribution in [0.25, 0.3) is 10.9 Å². The Kier molecular flexibility index (Phi) is 8.08. The van der Waals surface area contributed by atoms with Crippen molar-refractivity contribution in [2.45, 2.75) is 32.0 Å². The number of benzene rings is 2. The number of likely N-dealkylation sites (tertiary alicyclic amines) is 1. The molecule has 2 aromatic carbocycles. The van der Waals surface area contributed by atoms with Crippen LogP contribution in [0.1, 0.15) is 36.2 Å². The molecule has 0 radical (unpaired) electrons. The second-order valence-electron chi connectivity index (χ2n) is 8.99. The van der Waals surface area contributed by atoms with Crippen LogP contribution in [-0.4, -0.2) is 51.8 Å². The van der Waals surface area contributed by atoms with Crippen molar-refractivity contribution in [2.75, 3.05) is 24.8 Å². The first kappa shape index (κ1) is 26.2. The van der Waals surface area contributed by atoms with E-state index >= 15 is 0 Å². The number of aromatic nitrogens is 2. The molecule has 1 atom stereocenters. The standard InChI is InChI=1S/C27H28N4O5S/c1-17(2)11-12-37-27-28-22-13-19(26(35)36-3)9-10-21(22)25(34)31(27)29-24(33)20-14-23(32)30(16-20)15-18-7-5-4-6-8-18/h4-11,13,20H,12,14-16H2,1-3H3,(H,29,33). The summed E-state index contributed by atoms with van der Waals surface area (Å²) in [6.07, 6.45) is 2.05. The lowest BCUT2D eigenvalue weighted by Gasteiger charge is -2.18. The molecule has 1 fully saturated rings. The fraction of sp³-hybridized carbons (Fsp3) is 0.296. The molecule has 1 aromatic heterocycles. The van der Waals surface area contributed by atoms with Crippen LogP contribution in [0.2, 0.25) is 0 Å². The van der Waals surface area contributed by atoms with E-state index in [2.05, 4.69) is 10.4 Å². The maximum absolute atomic E-state index is 13.4. The van der Waals surface area contributed by atoms with E-state index in [0.29, 0.717) is 17.8 Å². The van der Waals surface area contributed by atoms with Crippen molar-refractivity contribution < 1.29 is 19.1 Å². The lowest BCUT2D eigenvalue weighted by Crippen LogP contribution is -2.39. The fourth-order valence-corrected chi connectivity index (χ4v) is 4.98. The van der Waals surface area contributed by atoms with E-state index in [1.165, 1.54) is 37.1 Å². The van der Waals surface area contributed by atoms with Crippen LogP contribution < -0.4 is 11.0 Å². The number of nitrogens with zero attached hydrogens (tertiary/aromatic N) is 3. The van der Waals surface area contributed by atoms with Gasteiger partial charge in [0.1, 0.15) is 0 Å². The number of methoxy groups -OCH3 is 1. The average Bonchev–Trinajstić information content (AvgIpc) is 3.25. The maximum atomic E-state index is 13.4. The van der Waals surface area contributed by atoms with Gasteiger partial charge in [-0.25, -0.2) is 9.78 Å². The number of thioether (sulfide) groups is 1. The first-order valence-electron chi connectivity index (χ1n) is 11.8. The zero-order chi connectivity index (χ0) is 26.5. The minimum absolute atomic E-state index is 0.0666. The second kappa shape index (κ2) is 11.4. The minimum atomic E-state index is -0.601. The Bertz CT molecular complexity index is 1430. The van der Waals surface area contributed by atoms with Gasteiger partial charge in [0.2, 0.25) is 11.8 Å². The molecular formula is C27H28N4O5S. The molecule has 1 N–H and O–H groups in total. The maximum Gasteiger partial charge on any atom is 0.337 e. The van der Waals surface area contributed by atoms with Gasteiger partial charge in [0, 0.05) is 25.3 Å². The number of allylic oxidation sites excluding steroid dienone is 1. The number of carbonyl (C=O) groups excluding carboxylic acids is 3. The number of nitrogens with one attached hydrogen (secondary N) is 1. The lowest BCUT2D eigenvalue weighted by atomic mass is 10.1. The molecule has 37 heavy (non-hydrogen) atoms. The quantitative estimate of drug-likeness (QED) is 0.210. The van der Waals surface area contributed by atoms with Crippen molar-refractivity contribution in [2.24, 2.45) is 5.92 Å². The number of carbonyl (C=O) groups is 3. The van der Waals surface area contributed by atoms with Gasteiger partial charge in [-0.1, -0.05) is 53.7 Å². The number of amides is 2. The Balaban J connectivity index is 1.61. The molecule has 1 aliphatic rings. The van der Waals surface area contributed by atoms with Crippen molar-refractivity contribution in [3.05, 3.63) is 81.7 Å². The van der Waals surface area contributed by atoms with E-state index in [9.17, 15) is 19.2 Å². The molecule has 3 aromatic rings. The fourth-order valence-electron chi connectivity index (χ4n) is 3.99. The molecule has 1 unspecified atom stereocenters. The van der Waals surface area contributed by atoms with Gasteiger partial charge in [-0.05, 0) is 37.6 Å². The van der Waals surface area contributed by atoms with Crippen LogP contribution in [0, 0.1) is 5.92 Å². The molecule has 1 aliphatic heterocycles. The molecule has 0 bridgehead atoms. The predicted molar refractivity (Wildman–Crippen MR) is 142 cm³/mol. The van der Waals surface area contributed by atoms with E-state index in [1.807, 2.05) is 50.3 Å². The Labute approximate surface area is 218 Å². The van der Waals surface area contributed by atoms with Crippen LogP contribution in [0.3, 0.4) is 0 Å². The van der Waals surface area contributed by atoms with E-state index in [1.54, 1.807) is 4.90 Å². The number of rotatable bonds is 8. The molecular weight excluding hydrogens is 492 g/mol. The van der Waals surface area contributed by atoms with Gasteiger partial charge in [0.05, 0.1) is 29.5 Å². The largest absolute Gasteiger partial charge is 0.465 e. The first-order valence-corrected chi connectivity index (χ1v) is 12.8. The Morgan fingerprint density at radius 3 is 2.62 bits per heavy atom. The summed E-state index contributed by atoms with van der Waals surface area (Å²) in [5, 5.41) is 0.517. The van der Waals surface area contributed by atoms with Crippen molar-refractivity contribution in [1.29, 1.82) is 0 Å².